The summed E-state index contributed by atoms with van der Waals surface area (Å²) in [6.45, 7) is 5.05. The van der Waals surface area contributed by atoms with Gasteiger partial charge < -0.3 is 10.1 Å². The van der Waals surface area contributed by atoms with E-state index in [0.29, 0.717) is 30.0 Å². The number of halogens is 1. The second kappa shape index (κ2) is 8.07. The Kier molecular flexibility index (Phi) is 7.05. The van der Waals surface area contributed by atoms with Gasteiger partial charge in [0.25, 0.3) is 0 Å². The first-order valence-corrected chi connectivity index (χ1v) is 8.88. The fourth-order valence-electron chi connectivity index (χ4n) is 1.85. The molecule has 0 bridgehead atoms. The van der Waals surface area contributed by atoms with Gasteiger partial charge in [-0.3, -0.25) is 0 Å². The molecule has 0 atom stereocenters. The van der Waals surface area contributed by atoms with E-state index in [1.807, 2.05) is 13.8 Å². The quantitative estimate of drug-likeness (QED) is 0.749. The number of hydrogen-bond donors (Lipinski definition) is 1. The van der Waals surface area contributed by atoms with E-state index in [9.17, 15) is 8.42 Å². The third-order valence-electron chi connectivity index (χ3n) is 2.79. The highest BCUT2D eigenvalue weighted by atomic mass is 79.9. The van der Waals surface area contributed by atoms with Crippen LogP contribution in [0.25, 0.3) is 0 Å². The first-order valence-electron chi connectivity index (χ1n) is 6.65. The van der Waals surface area contributed by atoms with Gasteiger partial charge >= 0.3 is 0 Å². The number of anilines is 1. The Morgan fingerprint density at radius 1 is 1.48 bits per heavy atom. The molecular weight excluding hydrogens is 358 g/mol. The first kappa shape index (κ1) is 18.3. The highest BCUT2D eigenvalue weighted by molar-refractivity contribution is 9.10. The molecule has 0 fully saturated rings. The third kappa shape index (κ3) is 4.91. The average Bonchev–Trinajstić information content (AvgIpc) is 2.42. The maximum atomic E-state index is 12.9. The number of sulfonamides is 1. The summed E-state index contributed by atoms with van der Waals surface area (Å²) >= 11 is 3.27. The molecule has 0 aromatic carbocycles. The van der Waals surface area contributed by atoms with Crippen LogP contribution in [0.4, 0.5) is 5.82 Å². The van der Waals surface area contributed by atoms with Crippen molar-refractivity contribution in [2.45, 2.75) is 18.7 Å². The van der Waals surface area contributed by atoms with Crippen molar-refractivity contribution in [3.05, 3.63) is 16.7 Å². The lowest BCUT2D eigenvalue weighted by molar-refractivity contribution is 0.175. The molecule has 8 heteroatoms. The largest absolute Gasteiger partial charge is 0.383 e. The number of aromatic nitrogens is 1. The van der Waals surface area contributed by atoms with E-state index in [1.165, 1.54) is 4.31 Å². The smallest absolute Gasteiger partial charge is 0.246 e. The number of nitrogens with one attached hydrogen (secondary N) is 1. The normalized spacial score (nSPS) is 12.1. The van der Waals surface area contributed by atoms with E-state index in [1.54, 1.807) is 26.4 Å². The highest BCUT2D eigenvalue weighted by Gasteiger charge is 2.28. The number of rotatable bonds is 8. The molecule has 120 valence electrons. The first-order chi connectivity index (χ1) is 9.82. The maximum absolute atomic E-state index is 12.9. The van der Waals surface area contributed by atoms with Crippen LogP contribution in [-0.4, -0.2) is 51.6 Å². The number of nitrogens with zero attached hydrogens (tertiary/aromatic N) is 2. The maximum Gasteiger partial charge on any atom is 0.246 e. The Bertz CT molecular complexity index is 564. The summed E-state index contributed by atoms with van der Waals surface area (Å²) in [4.78, 5) is 4.27. The SMILES string of the molecule is CNc1ncc(Br)cc1S(=O)(=O)N(CCOC)CC(C)C. The van der Waals surface area contributed by atoms with Crippen LogP contribution in [0.2, 0.25) is 0 Å². The van der Waals surface area contributed by atoms with Crippen LogP contribution >= 0.6 is 15.9 Å². The van der Waals surface area contributed by atoms with Gasteiger partial charge in [0.15, 0.2) is 0 Å². The third-order valence-corrected chi connectivity index (χ3v) is 5.10. The Morgan fingerprint density at radius 3 is 2.67 bits per heavy atom. The van der Waals surface area contributed by atoms with Crippen LogP contribution in [-0.2, 0) is 14.8 Å². The lowest BCUT2D eigenvalue weighted by Gasteiger charge is -2.24. The monoisotopic (exact) mass is 379 g/mol. The fourth-order valence-corrected chi connectivity index (χ4v) is 4.10. The molecule has 1 N–H and O–H groups in total. The van der Waals surface area contributed by atoms with Crippen molar-refractivity contribution in [1.82, 2.24) is 9.29 Å². The number of ether oxygens (including phenoxy) is 1. The Morgan fingerprint density at radius 2 is 2.14 bits per heavy atom. The predicted octanol–water partition coefficient (Wildman–Crippen LogP) is 2.18. The minimum atomic E-state index is -3.64. The van der Waals surface area contributed by atoms with Gasteiger partial charge in [-0.15, -0.1) is 0 Å². The summed E-state index contributed by atoms with van der Waals surface area (Å²) in [6, 6.07) is 1.56. The Labute approximate surface area is 135 Å². The summed E-state index contributed by atoms with van der Waals surface area (Å²) < 4.78 is 32.8. The summed E-state index contributed by atoms with van der Waals surface area (Å²) in [5.41, 5.74) is 0. The van der Waals surface area contributed by atoms with Crippen molar-refractivity contribution in [3.8, 4) is 0 Å². The van der Waals surface area contributed by atoms with Gasteiger partial charge in [-0.1, -0.05) is 13.8 Å². The molecule has 1 heterocycles. The summed E-state index contributed by atoms with van der Waals surface area (Å²) in [6.07, 6.45) is 1.56. The van der Waals surface area contributed by atoms with E-state index >= 15 is 0 Å². The van der Waals surface area contributed by atoms with Gasteiger partial charge in [-0.05, 0) is 27.9 Å². The molecule has 0 aliphatic carbocycles. The van der Waals surface area contributed by atoms with Crippen molar-refractivity contribution in [3.63, 3.8) is 0 Å². The molecule has 0 saturated heterocycles. The van der Waals surface area contributed by atoms with Gasteiger partial charge in [0.2, 0.25) is 10.0 Å². The second-order valence-corrected chi connectivity index (χ2v) is 7.82. The number of hydrogen-bond acceptors (Lipinski definition) is 5. The number of methoxy groups -OCH3 is 1. The molecule has 0 aliphatic rings. The molecule has 0 saturated carbocycles. The van der Waals surface area contributed by atoms with E-state index < -0.39 is 10.0 Å². The molecule has 0 aliphatic heterocycles. The van der Waals surface area contributed by atoms with Gasteiger partial charge in [0, 0.05) is 37.9 Å². The Balaban J connectivity index is 3.24. The van der Waals surface area contributed by atoms with Crippen LogP contribution in [0.5, 0.6) is 0 Å². The van der Waals surface area contributed by atoms with E-state index in [2.05, 4.69) is 26.2 Å². The molecule has 0 spiro atoms. The minimum absolute atomic E-state index is 0.163. The molecular formula is C13H22BrN3O3S. The van der Waals surface area contributed by atoms with Crippen molar-refractivity contribution < 1.29 is 13.2 Å². The molecule has 1 rings (SSSR count). The zero-order chi connectivity index (χ0) is 16.0. The van der Waals surface area contributed by atoms with E-state index in [-0.39, 0.29) is 10.8 Å². The lowest BCUT2D eigenvalue weighted by atomic mass is 10.2. The van der Waals surface area contributed by atoms with Crippen molar-refractivity contribution in [2.24, 2.45) is 5.92 Å². The molecule has 1 aromatic rings. The van der Waals surface area contributed by atoms with Crippen molar-refractivity contribution in [1.29, 1.82) is 0 Å². The van der Waals surface area contributed by atoms with Crippen LogP contribution in [0.15, 0.2) is 21.6 Å². The molecule has 0 amide bonds. The van der Waals surface area contributed by atoms with Crippen LogP contribution in [0.3, 0.4) is 0 Å². The van der Waals surface area contributed by atoms with Crippen LogP contribution in [0.1, 0.15) is 13.8 Å². The molecule has 0 radical (unpaired) electrons. The van der Waals surface area contributed by atoms with E-state index in [0.717, 1.165) is 0 Å². The van der Waals surface area contributed by atoms with Gasteiger partial charge in [0.05, 0.1) is 6.61 Å². The highest BCUT2D eigenvalue weighted by Crippen LogP contribution is 2.26. The van der Waals surface area contributed by atoms with Crippen LogP contribution < -0.4 is 5.32 Å². The molecule has 0 unspecified atom stereocenters. The molecule has 1 aromatic heterocycles. The summed E-state index contributed by atoms with van der Waals surface area (Å²) in [5.74, 6) is 0.555. The second-order valence-electron chi connectivity index (χ2n) is 5.00. The zero-order valence-corrected chi connectivity index (χ0v) is 15.2. The fraction of sp³-hybridized carbons (Fsp3) is 0.615. The van der Waals surface area contributed by atoms with Crippen LogP contribution in [0, 0.1) is 5.92 Å². The average molecular weight is 380 g/mol. The summed E-state index contributed by atoms with van der Waals surface area (Å²) in [7, 11) is -0.430. The topological polar surface area (TPSA) is 71.5 Å². The molecule has 6 nitrogen and oxygen atoms in total. The predicted molar refractivity (Wildman–Crippen MR) is 87.0 cm³/mol. The van der Waals surface area contributed by atoms with Gasteiger partial charge in [-0.25, -0.2) is 13.4 Å². The van der Waals surface area contributed by atoms with Gasteiger partial charge in [0.1, 0.15) is 10.7 Å². The van der Waals surface area contributed by atoms with Gasteiger partial charge in [-0.2, -0.15) is 4.31 Å². The zero-order valence-electron chi connectivity index (χ0n) is 12.8. The van der Waals surface area contributed by atoms with Crippen molar-refractivity contribution >= 4 is 31.8 Å². The minimum Gasteiger partial charge on any atom is -0.383 e. The lowest BCUT2D eigenvalue weighted by Crippen LogP contribution is -2.37. The van der Waals surface area contributed by atoms with E-state index in [4.69, 9.17) is 4.74 Å². The summed E-state index contributed by atoms with van der Waals surface area (Å²) in [5, 5.41) is 2.82. The number of pyridine rings is 1. The van der Waals surface area contributed by atoms with Crippen molar-refractivity contribution in [2.75, 3.05) is 39.2 Å². The Hall–Kier alpha value is -0.700. The molecule has 21 heavy (non-hydrogen) atoms. The standard InChI is InChI=1S/C13H22BrN3O3S/c1-10(2)9-17(5-6-20-4)21(18,19)12-7-11(14)8-16-13(12)15-3/h7-8,10H,5-6,9H2,1-4H3,(H,15,16).